The predicted octanol–water partition coefficient (Wildman–Crippen LogP) is 3.74. The molecule has 0 radical (unpaired) electrons. The SMILES string of the molecule is CCc1ccccc1NC(=O)c1cc(N)cc(Cl)c1. The van der Waals surface area contributed by atoms with Crippen LogP contribution in [0.25, 0.3) is 0 Å². The van der Waals surface area contributed by atoms with Crippen LogP contribution in [-0.4, -0.2) is 5.91 Å². The monoisotopic (exact) mass is 274 g/mol. The first-order valence-corrected chi connectivity index (χ1v) is 6.43. The van der Waals surface area contributed by atoms with Gasteiger partial charge in [0.05, 0.1) is 0 Å². The van der Waals surface area contributed by atoms with Crippen LogP contribution in [0.5, 0.6) is 0 Å². The second-order valence-corrected chi connectivity index (χ2v) is 4.67. The van der Waals surface area contributed by atoms with Crippen molar-refractivity contribution in [3.8, 4) is 0 Å². The van der Waals surface area contributed by atoms with E-state index in [1.54, 1.807) is 18.2 Å². The average molecular weight is 275 g/mol. The maximum Gasteiger partial charge on any atom is 0.255 e. The number of halogens is 1. The summed E-state index contributed by atoms with van der Waals surface area (Å²) in [5, 5.41) is 3.33. The molecule has 0 heterocycles. The van der Waals surface area contributed by atoms with Gasteiger partial charge in [0.2, 0.25) is 0 Å². The van der Waals surface area contributed by atoms with Gasteiger partial charge >= 0.3 is 0 Å². The first kappa shape index (κ1) is 13.4. The van der Waals surface area contributed by atoms with Crippen molar-refractivity contribution in [3.63, 3.8) is 0 Å². The fourth-order valence-corrected chi connectivity index (χ4v) is 2.13. The molecular weight excluding hydrogens is 260 g/mol. The van der Waals surface area contributed by atoms with E-state index in [1.807, 2.05) is 31.2 Å². The molecule has 98 valence electrons. The number of hydrogen-bond donors (Lipinski definition) is 2. The minimum absolute atomic E-state index is 0.213. The number of nitrogens with one attached hydrogen (secondary N) is 1. The molecular formula is C15H15ClN2O. The highest BCUT2D eigenvalue weighted by molar-refractivity contribution is 6.31. The number of amides is 1. The summed E-state index contributed by atoms with van der Waals surface area (Å²) in [4.78, 5) is 12.2. The van der Waals surface area contributed by atoms with Gasteiger partial charge in [0.1, 0.15) is 0 Å². The zero-order chi connectivity index (χ0) is 13.8. The molecule has 0 saturated heterocycles. The van der Waals surface area contributed by atoms with E-state index in [0.717, 1.165) is 17.7 Å². The molecule has 0 aliphatic heterocycles. The highest BCUT2D eigenvalue weighted by Crippen LogP contribution is 2.20. The predicted molar refractivity (Wildman–Crippen MR) is 79.6 cm³/mol. The number of rotatable bonds is 3. The second kappa shape index (κ2) is 5.76. The Bertz CT molecular complexity index is 591. The van der Waals surface area contributed by atoms with Gasteiger partial charge in [-0.1, -0.05) is 36.7 Å². The largest absolute Gasteiger partial charge is 0.399 e. The molecule has 2 rings (SSSR count). The van der Waals surface area contributed by atoms with Crippen LogP contribution in [0.15, 0.2) is 42.5 Å². The lowest BCUT2D eigenvalue weighted by Gasteiger charge is -2.10. The molecule has 0 aliphatic carbocycles. The molecule has 0 fully saturated rings. The zero-order valence-corrected chi connectivity index (χ0v) is 11.4. The van der Waals surface area contributed by atoms with Gasteiger partial charge in [-0.25, -0.2) is 0 Å². The third kappa shape index (κ3) is 3.26. The minimum Gasteiger partial charge on any atom is -0.399 e. The molecule has 1 amide bonds. The summed E-state index contributed by atoms with van der Waals surface area (Å²) in [6, 6.07) is 12.5. The van der Waals surface area contributed by atoms with Crippen LogP contribution in [0, 0.1) is 0 Å². The number of nitrogens with two attached hydrogens (primary N) is 1. The first-order chi connectivity index (χ1) is 9.10. The zero-order valence-electron chi connectivity index (χ0n) is 10.6. The van der Waals surface area contributed by atoms with Gasteiger partial charge in [-0.15, -0.1) is 0 Å². The fourth-order valence-electron chi connectivity index (χ4n) is 1.89. The number of para-hydroxylation sites is 1. The fraction of sp³-hybridized carbons (Fsp3) is 0.133. The van der Waals surface area contributed by atoms with Crippen molar-refractivity contribution in [2.75, 3.05) is 11.1 Å². The topological polar surface area (TPSA) is 55.1 Å². The number of anilines is 2. The molecule has 0 unspecified atom stereocenters. The lowest BCUT2D eigenvalue weighted by Crippen LogP contribution is -2.13. The van der Waals surface area contributed by atoms with Gasteiger partial charge in [0.15, 0.2) is 0 Å². The number of carbonyl (C=O) groups is 1. The third-order valence-electron chi connectivity index (χ3n) is 2.83. The van der Waals surface area contributed by atoms with Gasteiger partial charge in [0, 0.05) is 22.0 Å². The van der Waals surface area contributed by atoms with Crippen LogP contribution < -0.4 is 11.1 Å². The van der Waals surface area contributed by atoms with E-state index in [-0.39, 0.29) is 5.91 Å². The quantitative estimate of drug-likeness (QED) is 0.838. The van der Waals surface area contributed by atoms with Crippen molar-refractivity contribution in [1.82, 2.24) is 0 Å². The molecule has 0 atom stereocenters. The van der Waals surface area contributed by atoms with Crippen LogP contribution in [0.4, 0.5) is 11.4 Å². The number of hydrogen-bond acceptors (Lipinski definition) is 2. The van der Waals surface area contributed by atoms with Crippen LogP contribution in [0.2, 0.25) is 5.02 Å². The lowest BCUT2D eigenvalue weighted by molar-refractivity contribution is 0.102. The number of benzene rings is 2. The Morgan fingerprint density at radius 1 is 1.26 bits per heavy atom. The molecule has 3 nitrogen and oxygen atoms in total. The van der Waals surface area contributed by atoms with E-state index in [2.05, 4.69) is 5.32 Å². The van der Waals surface area contributed by atoms with Crippen molar-refractivity contribution in [2.45, 2.75) is 13.3 Å². The Labute approximate surface area is 117 Å². The highest BCUT2D eigenvalue weighted by Gasteiger charge is 2.09. The smallest absolute Gasteiger partial charge is 0.255 e. The average Bonchev–Trinajstić information content (AvgIpc) is 2.38. The maximum atomic E-state index is 12.2. The summed E-state index contributed by atoms with van der Waals surface area (Å²) in [7, 11) is 0. The highest BCUT2D eigenvalue weighted by atomic mass is 35.5. The van der Waals surface area contributed by atoms with E-state index in [9.17, 15) is 4.79 Å². The normalized spacial score (nSPS) is 10.2. The van der Waals surface area contributed by atoms with E-state index < -0.39 is 0 Å². The second-order valence-electron chi connectivity index (χ2n) is 4.24. The van der Waals surface area contributed by atoms with Crippen molar-refractivity contribution in [2.24, 2.45) is 0 Å². The molecule has 3 N–H and O–H groups in total. The summed E-state index contributed by atoms with van der Waals surface area (Å²) in [5.74, 6) is -0.213. The summed E-state index contributed by atoms with van der Waals surface area (Å²) < 4.78 is 0. The molecule has 19 heavy (non-hydrogen) atoms. The van der Waals surface area contributed by atoms with Crippen molar-refractivity contribution >= 4 is 28.9 Å². The van der Waals surface area contributed by atoms with Gasteiger partial charge in [-0.3, -0.25) is 4.79 Å². The van der Waals surface area contributed by atoms with Gasteiger partial charge in [-0.2, -0.15) is 0 Å². The molecule has 0 spiro atoms. The van der Waals surface area contributed by atoms with Gasteiger partial charge in [0.25, 0.3) is 5.91 Å². The van der Waals surface area contributed by atoms with Crippen LogP contribution in [0.3, 0.4) is 0 Å². The standard InChI is InChI=1S/C15H15ClN2O/c1-2-10-5-3-4-6-14(10)18-15(19)11-7-12(16)9-13(17)8-11/h3-9H,2,17H2,1H3,(H,18,19). The number of aryl methyl sites for hydroxylation is 1. The van der Waals surface area contributed by atoms with Crippen LogP contribution in [-0.2, 0) is 6.42 Å². The minimum atomic E-state index is -0.213. The summed E-state index contributed by atoms with van der Waals surface area (Å²) >= 11 is 5.90. The Morgan fingerprint density at radius 3 is 2.68 bits per heavy atom. The summed E-state index contributed by atoms with van der Waals surface area (Å²) in [6.07, 6.45) is 0.855. The Morgan fingerprint density at radius 2 is 2.00 bits per heavy atom. The van der Waals surface area contributed by atoms with E-state index in [1.165, 1.54) is 0 Å². The summed E-state index contributed by atoms with van der Waals surface area (Å²) in [5.41, 5.74) is 8.51. The van der Waals surface area contributed by atoms with Crippen LogP contribution >= 0.6 is 11.6 Å². The summed E-state index contributed by atoms with van der Waals surface area (Å²) in [6.45, 7) is 2.04. The molecule has 4 heteroatoms. The van der Waals surface area contributed by atoms with E-state index >= 15 is 0 Å². The molecule has 0 bridgehead atoms. The number of carbonyl (C=O) groups excluding carboxylic acids is 1. The van der Waals surface area contributed by atoms with Gasteiger partial charge in [-0.05, 0) is 36.2 Å². The maximum absolute atomic E-state index is 12.2. The first-order valence-electron chi connectivity index (χ1n) is 6.05. The number of nitrogen functional groups attached to an aromatic ring is 1. The lowest BCUT2D eigenvalue weighted by atomic mass is 10.1. The van der Waals surface area contributed by atoms with Crippen LogP contribution in [0.1, 0.15) is 22.8 Å². The van der Waals surface area contributed by atoms with Crippen molar-refractivity contribution in [3.05, 3.63) is 58.6 Å². The van der Waals surface area contributed by atoms with E-state index in [0.29, 0.717) is 16.3 Å². The Hall–Kier alpha value is -2.00. The molecule has 2 aromatic carbocycles. The van der Waals surface area contributed by atoms with Crippen molar-refractivity contribution < 1.29 is 4.79 Å². The third-order valence-corrected chi connectivity index (χ3v) is 3.05. The van der Waals surface area contributed by atoms with E-state index in [4.69, 9.17) is 17.3 Å². The molecule has 0 saturated carbocycles. The Kier molecular flexibility index (Phi) is 4.07. The van der Waals surface area contributed by atoms with Crippen molar-refractivity contribution in [1.29, 1.82) is 0 Å². The molecule has 0 aromatic heterocycles. The molecule has 0 aliphatic rings. The van der Waals surface area contributed by atoms with Gasteiger partial charge < -0.3 is 11.1 Å². The molecule has 2 aromatic rings. The Balaban J connectivity index is 2.25.